The lowest BCUT2D eigenvalue weighted by Gasteiger charge is -2.23. The number of rotatable bonds is 4. The number of ether oxygens (including phenoxy) is 1. The Bertz CT molecular complexity index is 424. The topological polar surface area (TPSA) is 73.4 Å². The van der Waals surface area contributed by atoms with E-state index < -0.39 is 0 Å². The van der Waals surface area contributed by atoms with Crippen LogP contribution in [0.2, 0.25) is 0 Å². The smallest absolute Gasteiger partial charge is 0.276 e. The quantitative estimate of drug-likeness (QED) is 0.853. The van der Waals surface area contributed by atoms with Crippen molar-refractivity contribution in [3.05, 3.63) is 11.9 Å². The lowest BCUT2D eigenvalue weighted by atomic mass is 10.2. The molecule has 1 aliphatic rings. The zero-order chi connectivity index (χ0) is 13.1. The molecule has 100 valence electrons. The maximum absolute atomic E-state index is 12.3. The van der Waals surface area contributed by atoms with Crippen molar-refractivity contribution in [2.24, 2.45) is 7.05 Å². The average molecular weight is 252 g/mol. The molecule has 1 saturated heterocycles. The Morgan fingerprint density at radius 1 is 1.72 bits per heavy atom. The molecular formula is C12H20N4O2. The molecule has 2 rings (SSSR count). The number of nitrogens with two attached hydrogens (primary N) is 1. The van der Waals surface area contributed by atoms with Gasteiger partial charge in [-0.1, -0.05) is 0 Å². The van der Waals surface area contributed by atoms with E-state index in [9.17, 15) is 4.79 Å². The van der Waals surface area contributed by atoms with Crippen molar-refractivity contribution in [3.63, 3.8) is 0 Å². The number of anilines is 1. The molecule has 1 atom stereocenters. The number of likely N-dealkylation sites (N-methyl/N-ethyl adjacent to an activating group) is 1. The molecule has 0 aliphatic carbocycles. The van der Waals surface area contributed by atoms with Gasteiger partial charge in [0.1, 0.15) is 0 Å². The summed E-state index contributed by atoms with van der Waals surface area (Å²) >= 11 is 0. The third-order valence-electron chi connectivity index (χ3n) is 3.18. The van der Waals surface area contributed by atoms with E-state index in [0.717, 1.165) is 19.4 Å². The average Bonchev–Trinajstić information content (AvgIpc) is 2.95. The molecule has 1 amide bonds. The van der Waals surface area contributed by atoms with Gasteiger partial charge in [-0.15, -0.1) is 0 Å². The van der Waals surface area contributed by atoms with E-state index >= 15 is 0 Å². The third kappa shape index (κ3) is 2.64. The zero-order valence-corrected chi connectivity index (χ0v) is 10.9. The summed E-state index contributed by atoms with van der Waals surface area (Å²) in [4.78, 5) is 14.1. The molecule has 6 heteroatoms. The van der Waals surface area contributed by atoms with Crippen LogP contribution in [0.3, 0.4) is 0 Å². The molecule has 1 aliphatic heterocycles. The molecule has 0 saturated carbocycles. The highest BCUT2D eigenvalue weighted by Gasteiger charge is 2.25. The van der Waals surface area contributed by atoms with E-state index in [1.807, 2.05) is 6.92 Å². The molecule has 1 aromatic heterocycles. The first-order valence-electron chi connectivity index (χ1n) is 6.31. The second-order valence-corrected chi connectivity index (χ2v) is 4.59. The van der Waals surface area contributed by atoms with E-state index in [2.05, 4.69) is 5.10 Å². The molecule has 18 heavy (non-hydrogen) atoms. The minimum absolute atomic E-state index is 0.119. The summed E-state index contributed by atoms with van der Waals surface area (Å²) in [7, 11) is 1.75. The summed E-state index contributed by atoms with van der Waals surface area (Å²) in [5, 5.41) is 4.11. The Labute approximate surface area is 107 Å². The van der Waals surface area contributed by atoms with Crippen LogP contribution in [-0.4, -0.2) is 46.4 Å². The van der Waals surface area contributed by atoms with Crippen molar-refractivity contribution in [3.8, 4) is 0 Å². The van der Waals surface area contributed by atoms with Crippen molar-refractivity contribution in [2.45, 2.75) is 25.9 Å². The summed E-state index contributed by atoms with van der Waals surface area (Å²) in [6.45, 7) is 3.99. The highest BCUT2D eigenvalue weighted by molar-refractivity contribution is 5.97. The van der Waals surface area contributed by atoms with Crippen molar-refractivity contribution < 1.29 is 9.53 Å². The lowest BCUT2D eigenvalue weighted by molar-refractivity contribution is 0.0535. The first-order chi connectivity index (χ1) is 8.61. The molecule has 1 fully saturated rings. The van der Waals surface area contributed by atoms with Crippen LogP contribution in [0.25, 0.3) is 0 Å². The second-order valence-electron chi connectivity index (χ2n) is 4.59. The van der Waals surface area contributed by atoms with E-state index in [0.29, 0.717) is 24.5 Å². The first kappa shape index (κ1) is 12.9. The fraction of sp³-hybridized carbons (Fsp3) is 0.667. The monoisotopic (exact) mass is 252 g/mol. The zero-order valence-electron chi connectivity index (χ0n) is 10.9. The van der Waals surface area contributed by atoms with Crippen LogP contribution in [0.1, 0.15) is 30.3 Å². The lowest BCUT2D eigenvalue weighted by Crippen LogP contribution is -2.37. The van der Waals surface area contributed by atoms with E-state index in [-0.39, 0.29) is 12.0 Å². The minimum Gasteiger partial charge on any atom is -0.396 e. The van der Waals surface area contributed by atoms with Crippen LogP contribution in [0, 0.1) is 0 Å². The first-order valence-corrected chi connectivity index (χ1v) is 6.31. The molecule has 6 nitrogen and oxygen atoms in total. The van der Waals surface area contributed by atoms with Crippen LogP contribution in [0.5, 0.6) is 0 Å². The number of hydrogen-bond donors (Lipinski definition) is 1. The Balaban J connectivity index is 2.07. The Morgan fingerprint density at radius 3 is 3.00 bits per heavy atom. The second kappa shape index (κ2) is 5.39. The van der Waals surface area contributed by atoms with E-state index in [1.165, 1.54) is 0 Å². The number of aryl methyl sites for hydroxylation is 1. The maximum Gasteiger partial charge on any atom is 0.276 e. The summed E-state index contributed by atoms with van der Waals surface area (Å²) in [6.07, 6.45) is 3.88. The van der Waals surface area contributed by atoms with Gasteiger partial charge in [-0.05, 0) is 19.8 Å². The minimum atomic E-state index is -0.119. The summed E-state index contributed by atoms with van der Waals surface area (Å²) < 4.78 is 7.11. The molecule has 0 aromatic carbocycles. The molecule has 1 aromatic rings. The highest BCUT2D eigenvalue weighted by atomic mass is 16.5. The van der Waals surface area contributed by atoms with Crippen LogP contribution >= 0.6 is 0 Å². The molecule has 0 radical (unpaired) electrons. The van der Waals surface area contributed by atoms with E-state index in [4.69, 9.17) is 10.5 Å². The number of aromatic nitrogens is 2. The molecule has 2 N–H and O–H groups in total. The van der Waals surface area contributed by atoms with E-state index in [1.54, 1.807) is 22.8 Å². The van der Waals surface area contributed by atoms with Crippen molar-refractivity contribution in [1.82, 2.24) is 14.7 Å². The van der Waals surface area contributed by atoms with Crippen LogP contribution in [0.15, 0.2) is 6.20 Å². The van der Waals surface area contributed by atoms with Crippen LogP contribution in [0.4, 0.5) is 5.69 Å². The van der Waals surface area contributed by atoms with Gasteiger partial charge in [0, 0.05) is 32.9 Å². The third-order valence-corrected chi connectivity index (χ3v) is 3.18. The molecular weight excluding hydrogens is 232 g/mol. The van der Waals surface area contributed by atoms with Gasteiger partial charge in [0.05, 0.1) is 11.8 Å². The summed E-state index contributed by atoms with van der Waals surface area (Å²) in [5.74, 6) is -0.119. The number of nitrogen functional groups attached to an aromatic ring is 1. The summed E-state index contributed by atoms with van der Waals surface area (Å²) in [5.41, 5.74) is 6.54. The fourth-order valence-corrected chi connectivity index (χ4v) is 2.21. The SMILES string of the molecule is CCN(CC1CCCO1)C(=O)c1nn(C)cc1N. The van der Waals surface area contributed by atoms with Gasteiger partial charge in [0.15, 0.2) is 5.69 Å². The number of nitrogens with zero attached hydrogens (tertiary/aromatic N) is 3. The van der Waals surface area contributed by atoms with Gasteiger partial charge >= 0.3 is 0 Å². The maximum atomic E-state index is 12.3. The number of hydrogen-bond acceptors (Lipinski definition) is 4. The van der Waals surface area contributed by atoms with Crippen molar-refractivity contribution >= 4 is 11.6 Å². The van der Waals surface area contributed by atoms with Gasteiger partial charge in [-0.25, -0.2) is 0 Å². The van der Waals surface area contributed by atoms with Gasteiger partial charge in [-0.3, -0.25) is 9.48 Å². The van der Waals surface area contributed by atoms with Gasteiger partial charge in [-0.2, -0.15) is 5.10 Å². The van der Waals surface area contributed by atoms with Crippen LogP contribution < -0.4 is 5.73 Å². The van der Waals surface area contributed by atoms with Crippen molar-refractivity contribution in [1.29, 1.82) is 0 Å². The molecule has 2 heterocycles. The van der Waals surface area contributed by atoms with Gasteiger partial charge in [0.25, 0.3) is 5.91 Å². The normalized spacial score (nSPS) is 19.1. The molecule has 0 spiro atoms. The molecule has 1 unspecified atom stereocenters. The predicted octanol–water partition coefficient (Wildman–Crippen LogP) is 0.643. The number of carbonyl (C=O) groups is 1. The Hall–Kier alpha value is -1.56. The summed E-state index contributed by atoms with van der Waals surface area (Å²) in [6, 6.07) is 0. The molecule has 0 bridgehead atoms. The standard InChI is InChI=1S/C12H20N4O2/c1-3-16(7-9-5-4-6-18-9)12(17)11-10(13)8-15(2)14-11/h8-9H,3-7,13H2,1-2H3. The largest absolute Gasteiger partial charge is 0.396 e. The Kier molecular flexibility index (Phi) is 3.86. The number of amides is 1. The van der Waals surface area contributed by atoms with Gasteiger partial charge in [0.2, 0.25) is 0 Å². The van der Waals surface area contributed by atoms with Gasteiger partial charge < -0.3 is 15.4 Å². The van der Waals surface area contributed by atoms with Crippen molar-refractivity contribution in [2.75, 3.05) is 25.4 Å². The number of carbonyl (C=O) groups excluding carboxylic acids is 1. The Morgan fingerprint density at radius 2 is 2.50 bits per heavy atom. The highest BCUT2D eigenvalue weighted by Crippen LogP contribution is 2.16. The van der Waals surface area contributed by atoms with Crippen LogP contribution in [-0.2, 0) is 11.8 Å². The predicted molar refractivity (Wildman–Crippen MR) is 68.2 cm³/mol. The fourth-order valence-electron chi connectivity index (χ4n) is 2.21.